The van der Waals surface area contributed by atoms with Gasteiger partial charge >= 0.3 is 0 Å². The topological polar surface area (TPSA) is 154 Å². The lowest BCUT2D eigenvalue weighted by molar-refractivity contribution is 0.324. The molecule has 0 unspecified atom stereocenters. The van der Waals surface area contributed by atoms with E-state index >= 15 is 0 Å². The van der Waals surface area contributed by atoms with Gasteiger partial charge in [0.05, 0.1) is 52.7 Å². The molecule has 0 aliphatic carbocycles. The number of nitrogens with two attached hydrogens (primary N) is 1. The number of fused-ring (bicyclic) bond motifs is 1. The summed E-state index contributed by atoms with van der Waals surface area (Å²) in [4.78, 5) is 0. The van der Waals surface area contributed by atoms with Crippen LogP contribution in [0, 0.1) is 11.3 Å². The van der Waals surface area contributed by atoms with Crippen LogP contribution in [0.2, 0.25) is 0 Å². The van der Waals surface area contributed by atoms with Gasteiger partial charge in [0, 0.05) is 5.56 Å². The number of aromatic nitrogens is 2. The molecule has 1 aliphatic rings. The molecular formula is C24H24N4O7. The number of nitrogens with one attached hydrogen (secondary N) is 1. The largest absolute Gasteiger partial charge is 0.502 e. The number of allylic oxidation sites excluding steroid dienone is 1. The number of aromatic hydroxyl groups is 1. The maximum Gasteiger partial charge on any atom is 0.244 e. The fraction of sp³-hybridized carbons (Fsp3) is 0.250. The first-order valence-corrected chi connectivity index (χ1v) is 10.3. The van der Waals surface area contributed by atoms with Crippen LogP contribution >= 0.6 is 0 Å². The molecule has 0 saturated carbocycles. The van der Waals surface area contributed by atoms with Crippen molar-refractivity contribution in [2.75, 3.05) is 35.5 Å². The lowest BCUT2D eigenvalue weighted by atomic mass is 9.82. The molecule has 4 N–H and O–H groups in total. The number of H-pyrrole nitrogens is 1. The van der Waals surface area contributed by atoms with Crippen LogP contribution in [0.15, 0.2) is 35.7 Å². The monoisotopic (exact) mass is 480 g/mol. The number of nitriles is 1. The van der Waals surface area contributed by atoms with Crippen LogP contribution in [-0.2, 0) is 0 Å². The average Bonchev–Trinajstić information content (AvgIpc) is 3.30. The van der Waals surface area contributed by atoms with Gasteiger partial charge in [-0.15, -0.1) is 5.10 Å². The molecule has 35 heavy (non-hydrogen) atoms. The quantitative estimate of drug-likeness (QED) is 0.460. The van der Waals surface area contributed by atoms with Crippen LogP contribution in [-0.4, -0.2) is 50.9 Å². The predicted octanol–water partition coefficient (Wildman–Crippen LogP) is 3.04. The Morgan fingerprint density at radius 3 is 2.00 bits per heavy atom. The fourth-order valence-electron chi connectivity index (χ4n) is 4.10. The Balaban J connectivity index is 2.00. The number of ether oxygens (including phenoxy) is 6. The van der Waals surface area contributed by atoms with E-state index in [0.29, 0.717) is 39.6 Å². The summed E-state index contributed by atoms with van der Waals surface area (Å²) >= 11 is 0. The fourth-order valence-corrected chi connectivity index (χ4v) is 4.10. The Morgan fingerprint density at radius 2 is 1.51 bits per heavy atom. The molecule has 1 aromatic heterocycles. The molecular weight excluding hydrogens is 456 g/mol. The highest BCUT2D eigenvalue weighted by molar-refractivity contribution is 5.75. The third kappa shape index (κ3) is 3.74. The van der Waals surface area contributed by atoms with Crippen LogP contribution in [0.25, 0.3) is 11.3 Å². The summed E-state index contributed by atoms with van der Waals surface area (Å²) in [6.07, 6.45) is 0. The van der Waals surface area contributed by atoms with E-state index in [1.54, 1.807) is 24.3 Å². The van der Waals surface area contributed by atoms with Gasteiger partial charge in [0.2, 0.25) is 23.3 Å². The minimum atomic E-state index is -0.722. The Morgan fingerprint density at radius 1 is 0.943 bits per heavy atom. The Labute approximate surface area is 201 Å². The van der Waals surface area contributed by atoms with Crippen LogP contribution in [0.1, 0.15) is 17.0 Å². The minimum Gasteiger partial charge on any atom is -0.502 e. The molecule has 0 saturated heterocycles. The van der Waals surface area contributed by atoms with E-state index in [1.807, 2.05) is 0 Å². The molecule has 0 bridgehead atoms. The van der Waals surface area contributed by atoms with Crippen molar-refractivity contribution in [2.45, 2.75) is 5.92 Å². The first-order valence-electron chi connectivity index (χ1n) is 10.3. The number of hydrogen-bond acceptors (Lipinski definition) is 10. The van der Waals surface area contributed by atoms with Crippen molar-refractivity contribution in [1.29, 1.82) is 5.26 Å². The van der Waals surface area contributed by atoms with Gasteiger partial charge in [-0.25, -0.2) is 0 Å². The van der Waals surface area contributed by atoms with E-state index in [0.717, 1.165) is 0 Å². The molecule has 0 fully saturated rings. The summed E-state index contributed by atoms with van der Waals surface area (Å²) in [7, 11) is 7.38. The molecule has 1 aliphatic heterocycles. The summed E-state index contributed by atoms with van der Waals surface area (Å²) < 4.78 is 32.7. The maximum atomic E-state index is 10.4. The molecule has 0 radical (unpaired) electrons. The van der Waals surface area contributed by atoms with E-state index in [2.05, 4.69) is 16.3 Å². The van der Waals surface area contributed by atoms with E-state index in [4.69, 9.17) is 34.2 Å². The van der Waals surface area contributed by atoms with Gasteiger partial charge in [-0.3, -0.25) is 5.10 Å². The van der Waals surface area contributed by atoms with Gasteiger partial charge in [0.15, 0.2) is 23.0 Å². The molecule has 2 heterocycles. The van der Waals surface area contributed by atoms with Crippen LogP contribution in [0.5, 0.6) is 40.4 Å². The number of hydrogen-bond donors (Lipinski definition) is 3. The third-order valence-corrected chi connectivity index (χ3v) is 5.73. The SMILES string of the molecule is COc1cc([C@@H]2C(C#N)=C(N)Oc3n[nH]c(-c4cc(OC)c(OC)c(OC)c4)c32)cc(OC)c1O. The Hall–Kier alpha value is -4.72. The first-order chi connectivity index (χ1) is 16.9. The number of nitrogens with zero attached hydrogens (tertiary/aromatic N) is 2. The second-order valence-corrected chi connectivity index (χ2v) is 7.43. The average molecular weight is 480 g/mol. The zero-order chi connectivity index (χ0) is 25.3. The minimum absolute atomic E-state index is 0.0843. The highest BCUT2D eigenvalue weighted by Crippen LogP contribution is 2.50. The van der Waals surface area contributed by atoms with Crippen molar-refractivity contribution >= 4 is 0 Å². The van der Waals surface area contributed by atoms with Crippen molar-refractivity contribution in [2.24, 2.45) is 5.73 Å². The van der Waals surface area contributed by atoms with E-state index in [9.17, 15) is 10.4 Å². The second kappa shape index (κ2) is 9.26. The predicted molar refractivity (Wildman–Crippen MR) is 124 cm³/mol. The first kappa shape index (κ1) is 23.4. The molecule has 2 aromatic carbocycles. The second-order valence-electron chi connectivity index (χ2n) is 7.43. The summed E-state index contributed by atoms with van der Waals surface area (Å²) in [5, 5.41) is 27.7. The standard InChI is InChI=1S/C24H24N4O7/c1-30-14-6-11(7-15(31-2)21(14)29)18-13(10-25)23(26)35-24-19(18)20(27-28-24)12-8-16(32-3)22(34-5)17(9-12)33-4/h6-9,18,29H,26H2,1-5H3,(H,27,28)/t18-/m1/s1. The van der Waals surface area contributed by atoms with E-state index in [-0.39, 0.29) is 34.6 Å². The van der Waals surface area contributed by atoms with E-state index in [1.165, 1.54) is 35.5 Å². The number of rotatable bonds is 7. The van der Waals surface area contributed by atoms with Gasteiger partial charge in [-0.1, -0.05) is 0 Å². The number of aromatic amines is 1. The van der Waals surface area contributed by atoms with Crippen molar-refractivity contribution in [3.05, 3.63) is 46.8 Å². The molecule has 4 rings (SSSR count). The zero-order valence-corrected chi connectivity index (χ0v) is 19.8. The summed E-state index contributed by atoms with van der Waals surface area (Å²) in [6, 6.07) is 8.85. The summed E-state index contributed by atoms with van der Waals surface area (Å²) in [5.74, 6) is 0.847. The number of phenols is 1. The molecule has 0 spiro atoms. The molecule has 11 nitrogen and oxygen atoms in total. The highest BCUT2D eigenvalue weighted by Gasteiger charge is 2.37. The maximum absolute atomic E-state index is 10.4. The van der Waals surface area contributed by atoms with E-state index < -0.39 is 5.92 Å². The van der Waals surface area contributed by atoms with Gasteiger partial charge in [0.25, 0.3) is 0 Å². The van der Waals surface area contributed by atoms with Crippen molar-refractivity contribution in [1.82, 2.24) is 10.2 Å². The summed E-state index contributed by atoms with van der Waals surface area (Å²) in [6.45, 7) is 0. The highest BCUT2D eigenvalue weighted by atomic mass is 16.5. The smallest absolute Gasteiger partial charge is 0.244 e. The molecule has 3 aromatic rings. The van der Waals surface area contributed by atoms with Crippen molar-refractivity contribution in [3.8, 4) is 57.7 Å². The zero-order valence-electron chi connectivity index (χ0n) is 19.8. The summed E-state index contributed by atoms with van der Waals surface area (Å²) in [5.41, 5.74) is 8.53. The van der Waals surface area contributed by atoms with Crippen LogP contribution in [0.4, 0.5) is 0 Å². The third-order valence-electron chi connectivity index (χ3n) is 5.73. The lowest BCUT2D eigenvalue weighted by Gasteiger charge is -2.25. The Kier molecular flexibility index (Phi) is 6.20. The van der Waals surface area contributed by atoms with Gasteiger partial charge in [-0.05, 0) is 29.8 Å². The number of benzene rings is 2. The molecule has 182 valence electrons. The van der Waals surface area contributed by atoms with Gasteiger partial charge < -0.3 is 39.3 Å². The van der Waals surface area contributed by atoms with Gasteiger partial charge in [-0.2, -0.15) is 5.26 Å². The lowest BCUT2D eigenvalue weighted by Crippen LogP contribution is -2.21. The molecule has 0 amide bonds. The molecule has 11 heteroatoms. The molecule has 1 atom stereocenters. The van der Waals surface area contributed by atoms with Crippen LogP contribution in [0.3, 0.4) is 0 Å². The normalized spacial score (nSPS) is 14.5. The Bertz CT molecular complexity index is 1310. The van der Waals surface area contributed by atoms with Gasteiger partial charge in [0.1, 0.15) is 11.6 Å². The van der Waals surface area contributed by atoms with Crippen LogP contribution < -0.4 is 34.2 Å². The van der Waals surface area contributed by atoms with Crippen molar-refractivity contribution < 1.29 is 33.5 Å². The number of methoxy groups -OCH3 is 5. The van der Waals surface area contributed by atoms with Crippen molar-refractivity contribution in [3.63, 3.8) is 0 Å². The number of phenolic OH excluding ortho intramolecular Hbond substituents is 1.